The summed E-state index contributed by atoms with van der Waals surface area (Å²) in [7, 11) is -2.00. The second-order valence-electron chi connectivity index (χ2n) is 8.67. The van der Waals surface area contributed by atoms with Crippen molar-refractivity contribution in [2.75, 3.05) is 37.3 Å². The lowest BCUT2D eigenvalue weighted by Gasteiger charge is -2.31. The molecule has 9 heteroatoms. The summed E-state index contributed by atoms with van der Waals surface area (Å²) in [6.07, 6.45) is 3.55. The SMILES string of the molecule is CCCNC(=O)[C@@H](CC)N(CCc1ccccc1)C(=O)CCCN(c1ccc(OC)cc1)S(C)(=O)=O. The Labute approximate surface area is 215 Å². The van der Waals surface area contributed by atoms with Crippen LogP contribution in [0, 0.1) is 0 Å². The van der Waals surface area contributed by atoms with Crippen molar-refractivity contribution in [3.63, 3.8) is 0 Å². The van der Waals surface area contributed by atoms with E-state index in [1.165, 1.54) is 4.31 Å². The maximum atomic E-state index is 13.4. The molecule has 1 atom stereocenters. The minimum Gasteiger partial charge on any atom is -0.497 e. The van der Waals surface area contributed by atoms with Crippen molar-refractivity contribution < 1.29 is 22.7 Å². The zero-order chi connectivity index (χ0) is 26.6. The number of sulfonamides is 1. The average Bonchev–Trinajstić information content (AvgIpc) is 2.87. The van der Waals surface area contributed by atoms with Gasteiger partial charge in [0.15, 0.2) is 0 Å². The smallest absolute Gasteiger partial charge is 0.242 e. The molecule has 0 spiro atoms. The minimum atomic E-state index is -3.54. The highest BCUT2D eigenvalue weighted by Gasteiger charge is 2.28. The van der Waals surface area contributed by atoms with E-state index in [1.54, 1.807) is 36.3 Å². The third-order valence-corrected chi connectivity index (χ3v) is 7.13. The molecule has 2 aromatic carbocycles. The van der Waals surface area contributed by atoms with Crippen LogP contribution in [0.1, 0.15) is 45.1 Å². The Balaban J connectivity index is 2.13. The molecule has 2 amide bonds. The van der Waals surface area contributed by atoms with Crippen molar-refractivity contribution in [3.05, 3.63) is 60.2 Å². The third kappa shape index (κ3) is 8.86. The molecule has 0 aliphatic carbocycles. The number of carbonyl (C=O) groups excluding carboxylic acids is 2. The van der Waals surface area contributed by atoms with Crippen LogP contribution in [0.4, 0.5) is 5.69 Å². The van der Waals surface area contributed by atoms with E-state index in [9.17, 15) is 18.0 Å². The fraction of sp³-hybridized carbons (Fsp3) is 0.481. The number of nitrogens with one attached hydrogen (secondary N) is 1. The van der Waals surface area contributed by atoms with Gasteiger partial charge in [-0.25, -0.2) is 8.42 Å². The summed E-state index contributed by atoms with van der Waals surface area (Å²) in [5.41, 5.74) is 1.60. The molecule has 0 unspecified atom stereocenters. The molecule has 36 heavy (non-hydrogen) atoms. The number of amides is 2. The zero-order valence-electron chi connectivity index (χ0n) is 21.8. The molecule has 0 heterocycles. The first-order valence-electron chi connectivity index (χ1n) is 12.4. The summed E-state index contributed by atoms with van der Waals surface area (Å²) >= 11 is 0. The molecule has 8 nitrogen and oxygen atoms in total. The van der Waals surface area contributed by atoms with Crippen LogP contribution >= 0.6 is 0 Å². The first-order chi connectivity index (χ1) is 17.2. The van der Waals surface area contributed by atoms with E-state index >= 15 is 0 Å². The number of anilines is 1. The molecule has 0 saturated heterocycles. The van der Waals surface area contributed by atoms with Crippen LogP contribution in [-0.2, 0) is 26.0 Å². The minimum absolute atomic E-state index is 0.133. The Morgan fingerprint density at radius 3 is 2.22 bits per heavy atom. The number of rotatable bonds is 15. The molecule has 2 aromatic rings. The highest BCUT2D eigenvalue weighted by atomic mass is 32.2. The van der Waals surface area contributed by atoms with Crippen molar-refractivity contribution in [2.24, 2.45) is 0 Å². The van der Waals surface area contributed by atoms with Crippen molar-refractivity contribution >= 4 is 27.5 Å². The molecule has 2 rings (SSSR count). The largest absolute Gasteiger partial charge is 0.497 e. The predicted octanol–water partition coefficient (Wildman–Crippen LogP) is 3.62. The van der Waals surface area contributed by atoms with Gasteiger partial charge in [-0.3, -0.25) is 13.9 Å². The number of hydrogen-bond acceptors (Lipinski definition) is 5. The molecular formula is C27H39N3O5S. The van der Waals surface area contributed by atoms with Gasteiger partial charge in [0.05, 0.1) is 19.1 Å². The molecule has 0 saturated carbocycles. The van der Waals surface area contributed by atoms with E-state index in [2.05, 4.69) is 5.32 Å². The van der Waals surface area contributed by atoms with E-state index < -0.39 is 16.1 Å². The Morgan fingerprint density at radius 1 is 1.00 bits per heavy atom. The number of carbonyl (C=O) groups is 2. The van der Waals surface area contributed by atoms with Crippen molar-refractivity contribution in [3.8, 4) is 5.75 Å². The lowest BCUT2D eigenvalue weighted by molar-refractivity contribution is -0.140. The van der Waals surface area contributed by atoms with Gasteiger partial charge >= 0.3 is 0 Å². The Kier molecular flexibility index (Phi) is 11.7. The molecule has 0 aliphatic heterocycles. The van der Waals surface area contributed by atoms with E-state index in [0.717, 1.165) is 18.2 Å². The summed E-state index contributed by atoms with van der Waals surface area (Å²) < 4.78 is 31.3. The van der Waals surface area contributed by atoms with Crippen LogP contribution in [0.2, 0.25) is 0 Å². The molecular weight excluding hydrogens is 478 g/mol. The van der Waals surface area contributed by atoms with Gasteiger partial charge < -0.3 is 15.0 Å². The second-order valence-corrected chi connectivity index (χ2v) is 10.6. The first-order valence-corrected chi connectivity index (χ1v) is 14.3. The normalized spacial score (nSPS) is 12.0. The van der Waals surface area contributed by atoms with Crippen LogP contribution in [0.25, 0.3) is 0 Å². The number of nitrogens with zero attached hydrogens (tertiary/aromatic N) is 2. The monoisotopic (exact) mass is 517 g/mol. The first kappa shape index (κ1) is 29.2. The van der Waals surface area contributed by atoms with Gasteiger partial charge in [0, 0.05) is 26.1 Å². The Hall–Kier alpha value is -3.07. The number of hydrogen-bond donors (Lipinski definition) is 1. The van der Waals surface area contributed by atoms with Gasteiger partial charge in [0.2, 0.25) is 21.8 Å². The van der Waals surface area contributed by atoms with E-state index in [1.807, 2.05) is 44.2 Å². The lowest BCUT2D eigenvalue weighted by Crippen LogP contribution is -2.50. The molecule has 0 aromatic heterocycles. The highest BCUT2D eigenvalue weighted by molar-refractivity contribution is 7.92. The summed E-state index contributed by atoms with van der Waals surface area (Å²) in [5.74, 6) is 0.313. The molecule has 0 fully saturated rings. The maximum absolute atomic E-state index is 13.4. The van der Waals surface area contributed by atoms with E-state index in [-0.39, 0.29) is 24.8 Å². The molecule has 0 aliphatic rings. The topological polar surface area (TPSA) is 96.0 Å². The summed E-state index contributed by atoms with van der Waals surface area (Å²) in [5, 5.41) is 2.91. The quantitative estimate of drug-likeness (QED) is 0.389. The summed E-state index contributed by atoms with van der Waals surface area (Å²) in [6, 6.07) is 16.0. The number of benzene rings is 2. The van der Waals surface area contributed by atoms with E-state index in [4.69, 9.17) is 4.74 Å². The fourth-order valence-corrected chi connectivity index (χ4v) is 4.98. The summed E-state index contributed by atoms with van der Waals surface area (Å²) in [4.78, 5) is 27.8. The molecule has 0 radical (unpaired) electrons. The van der Waals surface area contributed by atoms with E-state index in [0.29, 0.717) is 43.8 Å². The standard InChI is InChI=1S/C27H39N3O5S/c1-5-19-28-27(32)25(6-2)29(21-18-22-11-8-7-9-12-22)26(31)13-10-20-30(36(4,33)34)23-14-16-24(35-3)17-15-23/h7-9,11-12,14-17,25H,5-6,10,13,18-21H2,1-4H3,(H,28,32)/t25-/m1/s1. The molecule has 198 valence electrons. The molecule has 1 N–H and O–H groups in total. The number of methoxy groups -OCH3 is 1. The van der Waals surface area contributed by atoms with Crippen molar-refractivity contribution in [2.45, 2.75) is 52.0 Å². The van der Waals surface area contributed by atoms with Gasteiger partial charge in [0.1, 0.15) is 11.8 Å². The van der Waals surface area contributed by atoms with Crippen molar-refractivity contribution in [1.29, 1.82) is 0 Å². The van der Waals surface area contributed by atoms with Crippen molar-refractivity contribution in [1.82, 2.24) is 10.2 Å². The number of ether oxygens (including phenoxy) is 1. The zero-order valence-corrected chi connectivity index (χ0v) is 22.6. The van der Waals surface area contributed by atoms with Gasteiger partial charge in [-0.2, -0.15) is 0 Å². The van der Waals surface area contributed by atoms with Gasteiger partial charge in [-0.1, -0.05) is 44.2 Å². The summed E-state index contributed by atoms with van der Waals surface area (Å²) in [6.45, 7) is 5.00. The van der Waals surface area contributed by atoms with Crippen LogP contribution in [0.3, 0.4) is 0 Å². The lowest BCUT2D eigenvalue weighted by atomic mass is 10.1. The third-order valence-electron chi connectivity index (χ3n) is 5.93. The Bertz CT molecular complexity index is 1060. The van der Waals surface area contributed by atoms with Crippen LogP contribution in [0.15, 0.2) is 54.6 Å². The average molecular weight is 518 g/mol. The van der Waals surface area contributed by atoms with Gasteiger partial charge in [-0.15, -0.1) is 0 Å². The van der Waals surface area contributed by atoms with Crippen LogP contribution < -0.4 is 14.4 Å². The highest BCUT2D eigenvalue weighted by Crippen LogP contribution is 2.22. The van der Waals surface area contributed by atoms with Gasteiger partial charge in [0.25, 0.3) is 0 Å². The Morgan fingerprint density at radius 2 is 1.67 bits per heavy atom. The van der Waals surface area contributed by atoms with Crippen LogP contribution in [-0.4, -0.2) is 64.2 Å². The maximum Gasteiger partial charge on any atom is 0.242 e. The molecule has 0 bridgehead atoms. The van der Waals surface area contributed by atoms with Crippen LogP contribution in [0.5, 0.6) is 5.75 Å². The fourth-order valence-electron chi connectivity index (χ4n) is 4.01. The second kappa shape index (κ2) is 14.5. The predicted molar refractivity (Wildman–Crippen MR) is 144 cm³/mol. The van der Waals surface area contributed by atoms with Gasteiger partial charge in [-0.05, 0) is 55.5 Å².